The van der Waals surface area contributed by atoms with Gasteiger partial charge in [-0.05, 0) is 12.5 Å². The summed E-state index contributed by atoms with van der Waals surface area (Å²) in [6.07, 6.45) is 7.72. The zero-order valence-electron chi connectivity index (χ0n) is 7.54. The second kappa shape index (κ2) is 3.11. The van der Waals surface area contributed by atoms with E-state index in [0.29, 0.717) is 0 Å². The van der Waals surface area contributed by atoms with E-state index in [1.165, 1.54) is 11.3 Å². The van der Waals surface area contributed by atoms with Crippen LogP contribution in [-0.4, -0.2) is 28.2 Å². The monoisotopic (exact) mass is 185 g/mol. The maximum Gasteiger partial charge on any atom is 0.0692 e. The van der Waals surface area contributed by atoms with Crippen LogP contribution in [0.4, 0.5) is 0 Å². The van der Waals surface area contributed by atoms with Gasteiger partial charge in [-0.1, -0.05) is 0 Å². The van der Waals surface area contributed by atoms with Gasteiger partial charge in [0.25, 0.3) is 0 Å². The van der Waals surface area contributed by atoms with E-state index in [-0.39, 0.29) is 11.1 Å². The smallest absolute Gasteiger partial charge is 0.0692 e. The van der Waals surface area contributed by atoms with Crippen LogP contribution in [0, 0.1) is 0 Å². The lowest BCUT2D eigenvalue weighted by atomic mass is 10.1. The zero-order valence-corrected chi connectivity index (χ0v) is 8.43. The Morgan fingerprint density at radius 1 is 1.58 bits per heavy atom. The molecule has 1 N–H and O–H groups in total. The number of aromatic nitrogens is 2. The van der Waals surface area contributed by atoms with Gasteiger partial charge in [0.2, 0.25) is 0 Å². The topological polar surface area (TPSA) is 29.9 Å². The lowest BCUT2D eigenvalue weighted by Crippen LogP contribution is -2.22. The van der Waals surface area contributed by atoms with Crippen LogP contribution in [0.5, 0.6) is 0 Å². The molecule has 1 aromatic rings. The molecule has 0 aromatic carbocycles. The van der Waals surface area contributed by atoms with E-state index >= 15 is 0 Å². The Labute approximate surface area is 75.6 Å². The Kier molecular flexibility index (Phi) is 2.11. The number of fused-ring (bicyclic) bond motifs is 1. The molecule has 1 aliphatic rings. The van der Waals surface area contributed by atoms with E-state index in [0.717, 1.165) is 19.5 Å². The molecule has 0 radical (unpaired) electrons. The summed E-state index contributed by atoms with van der Waals surface area (Å²) < 4.78 is 2.12. The number of nitrogens with one attached hydrogen (secondary N) is 1. The Morgan fingerprint density at radius 3 is 3.08 bits per heavy atom. The SMILES string of the molecule is C[SH](C)n1cc2c(n1)CCNC2. The fourth-order valence-corrected chi connectivity index (χ4v) is 2.08. The van der Waals surface area contributed by atoms with Gasteiger partial charge in [0.05, 0.1) is 5.69 Å². The van der Waals surface area contributed by atoms with Crippen molar-refractivity contribution in [3.8, 4) is 0 Å². The molecule has 12 heavy (non-hydrogen) atoms. The van der Waals surface area contributed by atoms with E-state index in [1.807, 2.05) is 0 Å². The predicted octanol–water partition coefficient (Wildman–Crippen LogP) is 0.553. The quantitative estimate of drug-likeness (QED) is 0.626. The molecule has 2 rings (SSSR count). The van der Waals surface area contributed by atoms with Crippen molar-refractivity contribution in [2.24, 2.45) is 0 Å². The fourth-order valence-electron chi connectivity index (χ4n) is 1.42. The van der Waals surface area contributed by atoms with Gasteiger partial charge >= 0.3 is 0 Å². The minimum Gasteiger partial charge on any atom is -0.312 e. The number of nitrogens with zero attached hydrogens (tertiary/aromatic N) is 2. The molecule has 0 saturated heterocycles. The van der Waals surface area contributed by atoms with E-state index < -0.39 is 0 Å². The van der Waals surface area contributed by atoms with Gasteiger partial charge in [-0.2, -0.15) is 16.2 Å². The molecule has 0 aliphatic carbocycles. The number of rotatable bonds is 1. The van der Waals surface area contributed by atoms with Gasteiger partial charge in [0.1, 0.15) is 0 Å². The second-order valence-electron chi connectivity index (χ2n) is 3.30. The number of hydrogen-bond donors (Lipinski definition) is 2. The van der Waals surface area contributed by atoms with E-state index in [4.69, 9.17) is 0 Å². The Morgan fingerprint density at radius 2 is 2.42 bits per heavy atom. The molecule has 2 heterocycles. The maximum atomic E-state index is 4.56. The van der Waals surface area contributed by atoms with Crippen molar-refractivity contribution in [1.82, 2.24) is 14.5 Å². The lowest BCUT2D eigenvalue weighted by Gasteiger charge is -2.09. The minimum atomic E-state index is -0.0968. The lowest BCUT2D eigenvalue weighted by molar-refractivity contribution is 0.636. The van der Waals surface area contributed by atoms with Crippen molar-refractivity contribution in [2.75, 3.05) is 19.1 Å². The van der Waals surface area contributed by atoms with Crippen molar-refractivity contribution >= 4 is 11.1 Å². The molecule has 0 bridgehead atoms. The number of hydrogen-bond acceptors (Lipinski definition) is 2. The third-order valence-electron chi connectivity index (χ3n) is 2.13. The molecule has 1 aliphatic heterocycles. The normalized spacial score (nSPS) is 17.3. The van der Waals surface area contributed by atoms with Crippen molar-refractivity contribution in [1.29, 1.82) is 0 Å². The highest BCUT2D eigenvalue weighted by atomic mass is 32.2. The summed E-state index contributed by atoms with van der Waals surface area (Å²) in [4.78, 5) is 0. The largest absolute Gasteiger partial charge is 0.312 e. The zero-order chi connectivity index (χ0) is 8.55. The van der Waals surface area contributed by atoms with Crippen molar-refractivity contribution in [3.63, 3.8) is 0 Å². The minimum absolute atomic E-state index is 0.0968. The van der Waals surface area contributed by atoms with E-state index in [9.17, 15) is 0 Å². The van der Waals surface area contributed by atoms with Crippen molar-refractivity contribution in [3.05, 3.63) is 17.5 Å². The summed E-state index contributed by atoms with van der Waals surface area (Å²) in [5.41, 5.74) is 2.68. The van der Waals surface area contributed by atoms with Crippen molar-refractivity contribution < 1.29 is 0 Å². The van der Waals surface area contributed by atoms with Gasteiger partial charge in [-0.3, -0.25) is 0 Å². The maximum absolute atomic E-state index is 4.56. The molecule has 3 nitrogen and oxygen atoms in total. The highest BCUT2D eigenvalue weighted by molar-refractivity contribution is 8.14. The van der Waals surface area contributed by atoms with Crippen LogP contribution >= 0.6 is 11.1 Å². The summed E-state index contributed by atoms with van der Waals surface area (Å²) in [6.45, 7) is 2.08. The van der Waals surface area contributed by atoms with E-state index in [1.54, 1.807) is 0 Å². The first kappa shape index (κ1) is 8.13. The highest BCUT2D eigenvalue weighted by Crippen LogP contribution is 2.20. The first-order valence-electron chi connectivity index (χ1n) is 4.23. The standard InChI is InChI=1S/C8H15N3S/c1-12(2)11-6-7-5-9-4-3-8(7)10-11/h6,9,12H,3-5H2,1-2H3. The van der Waals surface area contributed by atoms with Crippen LogP contribution < -0.4 is 5.32 Å². The van der Waals surface area contributed by atoms with Crippen LogP contribution in [0.15, 0.2) is 6.20 Å². The summed E-state index contributed by atoms with van der Waals surface area (Å²) in [5.74, 6) is 0. The molecule has 0 saturated carbocycles. The summed E-state index contributed by atoms with van der Waals surface area (Å²) in [7, 11) is 0. The first-order chi connectivity index (χ1) is 5.77. The Balaban J connectivity index is 2.32. The Bertz CT molecular complexity index is 256. The highest BCUT2D eigenvalue weighted by Gasteiger charge is 2.12. The Hall–Kier alpha value is -0.480. The second-order valence-corrected chi connectivity index (χ2v) is 5.40. The van der Waals surface area contributed by atoms with Gasteiger partial charge in [-0.25, -0.2) is 4.09 Å². The van der Waals surface area contributed by atoms with Crippen molar-refractivity contribution in [2.45, 2.75) is 13.0 Å². The molecule has 0 unspecified atom stereocenters. The molecule has 68 valence electrons. The van der Waals surface area contributed by atoms with Crippen LogP contribution in [0.2, 0.25) is 0 Å². The predicted molar refractivity (Wildman–Crippen MR) is 53.9 cm³/mol. The van der Waals surface area contributed by atoms with Gasteiger partial charge in [-0.15, -0.1) is 0 Å². The first-order valence-corrected chi connectivity index (χ1v) is 6.42. The molecule has 0 atom stereocenters. The fraction of sp³-hybridized carbons (Fsp3) is 0.625. The third-order valence-corrected chi connectivity index (χ3v) is 3.15. The molecule has 0 spiro atoms. The molecule has 4 heteroatoms. The summed E-state index contributed by atoms with van der Waals surface area (Å²) in [5, 5.41) is 7.90. The summed E-state index contributed by atoms with van der Waals surface area (Å²) >= 11 is -0.0968. The summed E-state index contributed by atoms with van der Waals surface area (Å²) in [6, 6.07) is 0. The van der Waals surface area contributed by atoms with Crippen LogP contribution in [0.3, 0.4) is 0 Å². The third kappa shape index (κ3) is 1.36. The average Bonchev–Trinajstić information content (AvgIpc) is 2.46. The van der Waals surface area contributed by atoms with E-state index in [2.05, 4.69) is 33.2 Å². The van der Waals surface area contributed by atoms with Crippen LogP contribution in [0.1, 0.15) is 11.3 Å². The molecular weight excluding hydrogens is 170 g/mol. The molecule has 0 fully saturated rings. The van der Waals surface area contributed by atoms with Gasteiger partial charge in [0, 0.05) is 31.3 Å². The molecule has 0 amide bonds. The van der Waals surface area contributed by atoms with Gasteiger partial charge in [0.15, 0.2) is 0 Å². The molecule has 1 aromatic heterocycles. The molecular formula is C8H15N3S. The van der Waals surface area contributed by atoms with Crippen LogP contribution in [-0.2, 0) is 13.0 Å². The van der Waals surface area contributed by atoms with Gasteiger partial charge < -0.3 is 5.32 Å². The number of thiol groups is 1. The average molecular weight is 185 g/mol. The van der Waals surface area contributed by atoms with Crippen LogP contribution in [0.25, 0.3) is 0 Å².